The summed E-state index contributed by atoms with van der Waals surface area (Å²) in [6.45, 7) is 3.48. The van der Waals surface area contributed by atoms with E-state index in [1.165, 1.54) is 12.1 Å². The van der Waals surface area contributed by atoms with Crippen LogP contribution in [-0.2, 0) is 4.84 Å². The molecule has 2 unspecified atom stereocenters. The minimum absolute atomic E-state index is 0.0711. The lowest BCUT2D eigenvalue weighted by atomic mass is 10.0. The van der Waals surface area contributed by atoms with E-state index in [9.17, 15) is 4.39 Å². The van der Waals surface area contributed by atoms with Gasteiger partial charge in [0, 0.05) is 12.6 Å². The molecule has 2 atom stereocenters. The van der Waals surface area contributed by atoms with Gasteiger partial charge in [0.1, 0.15) is 5.82 Å². The van der Waals surface area contributed by atoms with Gasteiger partial charge in [-0.2, -0.15) is 5.06 Å². The predicted molar refractivity (Wildman–Crippen MR) is 60.1 cm³/mol. The first-order valence-corrected chi connectivity index (χ1v) is 5.59. The Hall–Kier alpha value is -0.970. The van der Waals surface area contributed by atoms with E-state index in [1.54, 1.807) is 6.07 Å². The van der Waals surface area contributed by atoms with E-state index in [0.717, 1.165) is 25.1 Å². The first-order valence-electron chi connectivity index (χ1n) is 5.59. The van der Waals surface area contributed by atoms with Crippen LogP contribution in [0.2, 0.25) is 0 Å². The van der Waals surface area contributed by atoms with Gasteiger partial charge in [0.05, 0.1) is 12.6 Å². The van der Waals surface area contributed by atoms with Crippen molar-refractivity contribution in [3.63, 3.8) is 0 Å². The standard InChI is InChI=1S/C12H17FN2O/c1-9(14)12(15-6-3-7-16-15)10-4-2-5-11(13)8-10/h2,4-5,8-9,12H,3,6-7,14H2,1H3. The summed E-state index contributed by atoms with van der Waals surface area (Å²) >= 11 is 0. The van der Waals surface area contributed by atoms with Crippen LogP contribution in [0.15, 0.2) is 24.3 Å². The largest absolute Gasteiger partial charge is 0.326 e. The minimum atomic E-state index is -0.234. The molecular weight excluding hydrogens is 207 g/mol. The molecule has 4 heteroatoms. The predicted octanol–water partition coefficient (Wildman–Crippen LogP) is 1.85. The van der Waals surface area contributed by atoms with Crippen LogP contribution in [0.3, 0.4) is 0 Å². The average molecular weight is 224 g/mol. The third kappa shape index (κ3) is 2.40. The van der Waals surface area contributed by atoms with Crippen LogP contribution >= 0.6 is 0 Å². The molecule has 1 aromatic rings. The Morgan fingerprint density at radius 1 is 1.50 bits per heavy atom. The van der Waals surface area contributed by atoms with Crippen molar-refractivity contribution in [3.8, 4) is 0 Å². The summed E-state index contributed by atoms with van der Waals surface area (Å²) in [7, 11) is 0. The molecule has 2 rings (SSSR count). The SMILES string of the molecule is CC(N)C(c1cccc(F)c1)N1CCCO1. The molecule has 16 heavy (non-hydrogen) atoms. The van der Waals surface area contributed by atoms with Crippen molar-refractivity contribution >= 4 is 0 Å². The molecule has 0 bridgehead atoms. The summed E-state index contributed by atoms with van der Waals surface area (Å²) < 4.78 is 13.2. The van der Waals surface area contributed by atoms with Gasteiger partial charge in [0.2, 0.25) is 0 Å². The minimum Gasteiger partial charge on any atom is -0.326 e. The molecular formula is C12H17FN2O. The maximum atomic E-state index is 13.2. The Morgan fingerprint density at radius 3 is 2.88 bits per heavy atom. The third-order valence-corrected chi connectivity index (χ3v) is 2.78. The van der Waals surface area contributed by atoms with Gasteiger partial charge in [0.25, 0.3) is 0 Å². The first kappa shape index (κ1) is 11.5. The average Bonchev–Trinajstić information content (AvgIpc) is 2.71. The van der Waals surface area contributed by atoms with Crippen LogP contribution in [0.25, 0.3) is 0 Å². The summed E-state index contributed by atoms with van der Waals surface area (Å²) in [5.41, 5.74) is 6.83. The second-order valence-corrected chi connectivity index (χ2v) is 4.19. The highest BCUT2D eigenvalue weighted by atomic mass is 19.1. The van der Waals surface area contributed by atoms with E-state index >= 15 is 0 Å². The Kier molecular flexibility index (Phi) is 3.53. The topological polar surface area (TPSA) is 38.5 Å². The Balaban J connectivity index is 2.24. The molecule has 1 heterocycles. The molecule has 1 aliphatic rings. The van der Waals surface area contributed by atoms with Crippen LogP contribution in [0.1, 0.15) is 24.9 Å². The first-order chi connectivity index (χ1) is 7.68. The molecule has 3 nitrogen and oxygen atoms in total. The maximum Gasteiger partial charge on any atom is 0.123 e. The van der Waals surface area contributed by atoms with Crippen molar-refractivity contribution in [2.24, 2.45) is 5.73 Å². The quantitative estimate of drug-likeness (QED) is 0.851. The number of rotatable bonds is 3. The maximum absolute atomic E-state index is 13.2. The summed E-state index contributed by atoms with van der Waals surface area (Å²) in [5, 5.41) is 1.86. The zero-order chi connectivity index (χ0) is 11.5. The Morgan fingerprint density at radius 2 is 2.31 bits per heavy atom. The highest BCUT2D eigenvalue weighted by Gasteiger charge is 2.27. The van der Waals surface area contributed by atoms with Crippen molar-refractivity contribution in [2.45, 2.75) is 25.4 Å². The summed E-state index contributed by atoms with van der Waals surface area (Å²) in [6.07, 6.45) is 0.999. The van der Waals surface area contributed by atoms with Crippen LogP contribution in [0, 0.1) is 5.82 Å². The Bertz CT molecular complexity index is 351. The number of halogens is 1. The number of benzene rings is 1. The lowest BCUT2D eigenvalue weighted by molar-refractivity contribution is -0.147. The Labute approximate surface area is 94.9 Å². The van der Waals surface area contributed by atoms with Gasteiger partial charge in [-0.1, -0.05) is 12.1 Å². The fourth-order valence-corrected chi connectivity index (χ4v) is 2.11. The fourth-order valence-electron chi connectivity index (χ4n) is 2.11. The molecule has 1 aromatic carbocycles. The normalized spacial score (nSPS) is 20.9. The molecule has 0 saturated carbocycles. The van der Waals surface area contributed by atoms with Crippen LogP contribution < -0.4 is 5.73 Å². The molecule has 0 spiro atoms. The molecule has 0 amide bonds. The van der Waals surface area contributed by atoms with Crippen molar-refractivity contribution in [1.82, 2.24) is 5.06 Å². The zero-order valence-electron chi connectivity index (χ0n) is 9.40. The molecule has 1 aliphatic heterocycles. The van der Waals surface area contributed by atoms with Gasteiger partial charge in [0.15, 0.2) is 0 Å². The second kappa shape index (κ2) is 4.91. The van der Waals surface area contributed by atoms with E-state index in [2.05, 4.69) is 0 Å². The van der Waals surface area contributed by atoms with Crippen LogP contribution in [0.5, 0.6) is 0 Å². The molecule has 1 saturated heterocycles. The fraction of sp³-hybridized carbons (Fsp3) is 0.500. The van der Waals surface area contributed by atoms with Gasteiger partial charge in [-0.05, 0) is 31.0 Å². The summed E-state index contributed by atoms with van der Waals surface area (Å²) in [6, 6.07) is 6.38. The monoisotopic (exact) mass is 224 g/mol. The van der Waals surface area contributed by atoms with E-state index in [-0.39, 0.29) is 17.9 Å². The number of nitrogens with zero attached hydrogens (tertiary/aromatic N) is 1. The third-order valence-electron chi connectivity index (χ3n) is 2.78. The van der Waals surface area contributed by atoms with Gasteiger partial charge >= 0.3 is 0 Å². The van der Waals surface area contributed by atoms with Gasteiger partial charge in [-0.3, -0.25) is 4.84 Å². The molecule has 2 N–H and O–H groups in total. The second-order valence-electron chi connectivity index (χ2n) is 4.19. The molecule has 88 valence electrons. The van der Waals surface area contributed by atoms with E-state index in [0.29, 0.717) is 0 Å². The lowest BCUT2D eigenvalue weighted by Crippen LogP contribution is -2.37. The van der Waals surface area contributed by atoms with Gasteiger partial charge in [-0.25, -0.2) is 4.39 Å². The smallest absolute Gasteiger partial charge is 0.123 e. The van der Waals surface area contributed by atoms with E-state index in [1.807, 2.05) is 18.1 Å². The van der Waals surface area contributed by atoms with Gasteiger partial charge < -0.3 is 5.73 Å². The lowest BCUT2D eigenvalue weighted by Gasteiger charge is -2.29. The van der Waals surface area contributed by atoms with Crippen molar-refractivity contribution in [1.29, 1.82) is 0 Å². The van der Waals surface area contributed by atoms with E-state index < -0.39 is 0 Å². The van der Waals surface area contributed by atoms with Crippen molar-refractivity contribution in [3.05, 3.63) is 35.6 Å². The van der Waals surface area contributed by atoms with Crippen LogP contribution in [0.4, 0.5) is 4.39 Å². The molecule has 0 aromatic heterocycles. The summed E-state index contributed by atoms with van der Waals surface area (Å²) in [4.78, 5) is 5.50. The molecule has 0 aliphatic carbocycles. The van der Waals surface area contributed by atoms with Crippen molar-refractivity contribution < 1.29 is 9.23 Å². The van der Waals surface area contributed by atoms with E-state index in [4.69, 9.17) is 10.6 Å². The number of hydrogen-bond acceptors (Lipinski definition) is 3. The zero-order valence-corrected chi connectivity index (χ0v) is 9.40. The van der Waals surface area contributed by atoms with Crippen LogP contribution in [-0.4, -0.2) is 24.3 Å². The van der Waals surface area contributed by atoms with Gasteiger partial charge in [-0.15, -0.1) is 0 Å². The van der Waals surface area contributed by atoms with Crippen molar-refractivity contribution in [2.75, 3.05) is 13.2 Å². The highest BCUT2D eigenvalue weighted by Crippen LogP contribution is 2.26. The number of hydrogen-bond donors (Lipinski definition) is 1. The number of nitrogens with two attached hydrogens (primary N) is 1. The highest BCUT2D eigenvalue weighted by molar-refractivity contribution is 5.21. The molecule has 0 radical (unpaired) electrons. The molecule has 1 fully saturated rings. The number of hydroxylamine groups is 2. The summed E-state index contributed by atoms with van der Waals surface area (Å²) in [5.74, 6) is -0.234.